The summed E-state index contributed by atoms with van der Waals surface area (Å²) in [6.07, 6.45) is 3.18. The Morgan fingerprint density at radius 2 is 1.74 bits per heavy atom. The molecular weight excluding hydrogens is 444 g/mol. The number of para-hydroxylation sites is 1. The van der Waals surface area contributed by atoms with E-state index in [4.69, 9.17) is 0 Å². The molecule has 8 heteroatoms. The Labute approximate surface area is 203 Å². The van der Waals surface area contributed by atoms with E-state index < -0.39 is 0 Å². The third kappa shape index (κ3) is 5.77. The van der Waals surface area contributed by atoms with Gasteiger partial charge in [0.15, 0.2) is 11.0 Å². The topological polar surface area (TPSA) is 85.1 Å². The summed E-state index contributed by atoms with van der Waals surface area (Å²) in [5.41, 5.74) is 6.41. The van der Waals surface area contributed by atoms with E-state index in [1.54, 1.807) is 6.20 Å². The van der Waals surface area contributed by atoms with Crippen molar-refractivity contribution in [3.63, 3.8) is 0 Å². The third-order valence-corrected chi connectivity index (χ3v) is 5.99. The zero-order chi connectivity index (χ0) is 24.0. The van der Waals surface area contributed by atoms with Crippen LogP contribution in [0.5, 0.6) is 0 Å². The summed E-state index contributed by atoms with van der Waals surface area (Å²) in [7, 11) is 0. The van der Waals surface area contributed by atoms with Gasteiger partial charge in [-0.25, -0.2) is 5.43 Å². The summed E-state index contributed by atoms with van der Waals surface area (Å²) >= 11 is 1.31. The first-order valence-electron chi connectivity index (χ1n) is 10.9. The molecule has 0 saturated carbocycles. The van der Waals surface area contributed by atoms with Crippen LogP contribution < -0.4 is 5.43 Å². The van der Waals surface area contributed by atoms with Crippen LogP contribution in [0.3, 0.4) is 0 Å². The maximum absolute atomic E-state index is 12.3. The molecule has 0 unspecified atom stereocenters. The summed E-state index contributed by atoms with van der Waals surface area (Å²) < 4.78 is 1.97. The number of thioether (sulfide) groups is 1. The van der Waals surface area contributed by atoms with Crippen molar-refractivity contribution in [3.05, 3.63) is 90.3 Å². The van der Waals surface area contributed by atoms with Gasteiger partial charge in [0, 0.05) is 17.4 Å². The number of carbonyl (C=O) groups excluding carboxylic acids is 1. The minimum absolute atomic E-state index is 0.0685. The molecule has 2 aromatic carbocycles. The van der Waals surface area contributed by atoms with Crippen LogP contribution in [-0.2, 0) is 10.2 Å². The van der Waals surface area contributed by atoms with Crippen molar-refractivity contribution in [2.45, 2.75) is 31.3 Å². The Balaban J connectivity index is 1.53. The predicted octanol–water partition coefficient (Wildman–Crippen LogP) is 4.87. The van der Waals surface area contributed by atoms with Crippen molar-refractivity contribution >= 4 is 23.9 Å². The molecule has 0 spiro atoms. The molecule has 172 valence electrons. The lowest BCUT2D eigenvalue weighted by Gasteiger charge is -2.19. The molecule has 0 atom stereocenters. The molecule has 1 amide bonds. The van der Waals surface area contributed by atoms with Crippen molar-refractivity contribution < 1.29 is 4.79 Å². The minimum Gasteiger partial charge on any atom is -0.272 e. The quantitative estimate of drug-likeness (QED) is 0.237. The Kier molecular flexibility index (Phi) is 7.18. The highest BCUT2D eigenvalue weighted by Crippen LogP contribution is 2.30. The van der Waals surface area contributed by atoms with Gasteiger partial charge in [0.05, 0.1) is 17.7 Å². The molecule has 0 aliphatic carbocycles. The fourth-order valence-electron chi connectivity index (χ4n) is 3.26. The van der Waals surface area contributed by atoms with Gasteiger partial charge in [-0.05, 0) is 35.2 Å². The van der Waals surface area contributed by atoms with Gasteiger partial charge < -0.3 is 0 Å². The van der Waals surface area contributed by atoms with Crippen LogP contribution >= 0.6 is 11.8 Å². The van der Waals surface area contributed by atoms with Crippen LogP contribution in [0.4, 0.5) is 0 Å². The van der Waals surface area contributed by atoms with Gasteiger partial charge in [-0.3, -0.25) is 14.3 Å². The summed E-state index contributed by atoms with van der Waals surface area (Å²) in [4.78, 5) is 16.5. The minimum atomic E-state index is -0.240. The van der Waals surface area contributed by atoms with E-state index in [9.17, 15) is 4.79 Å². The number of hydrogen-bond acceptors (Lipinski definition) is 6. The van der Waals surface area contributed by atoms with Gasteiger partial charge >= 0.3 is 0 Å². The van der Waals surface area contributed by atoms with Gasteiger partial charge in [-0.15, -0.1) is 10.2 Å². The molecular formula is C26H26N6OS. The lowest BCUT2D eigenvalue weighted by Crippen LogP contribution is -2.20. The number of amides is 1. The highest BCUT2D eigenvalue weighted by molar-refractivity contribution is 7.99. The van der Waals surface area contributed by atoms with Crippen LogP contribution in [-0.4, -0.2) is 37.6 Å². The van der Waals surface area contributed by atoms with E-state index in [2.05, 4.69) is 70.7 Å². The summed E-state index contributed by atoms with van der Waals surface area (Å²) in [6.45, 7) is 6.57. The Bertz CT molecular complexity index is 1260. The number of rotatable bonds is 7. The summed E-state index contributed by atoms with van der Waals surface area (Å²) in [6, 6.07) is 23.8. The Morgan fingerprint density at radius 3 is 2.41 bits per heavy atom. The highest BCUT2D eigenvalue weighted by Gasteiger charge is 2.19. The average Bonchev–Trinajstić information content (AvgIpc) is 3.27. The molecule has 0 radical (unpaired) electrons. The average molecular weight is 471 g/mol. The smallest absolute Gasteiger partial charge is 0.250 e. The second kappa shape index (κ2) is 10.4. The van der Waals surface area contributed by atoms with Crippen molar-refractivity contribution in [1.82, 2.24) is 25.2 Å². The molecule has 2 aromatic heterocycles. The number of pyridine rings is 1. The predicted molar refractivity (Wildman–Crippen MR) is 136 cm³/mol. The zero-order valence-electron chi connectivity index (χ0n) is 19.3. The van der Waals surface area contributed by atoms with Crippen molar-refractivity contribution in [2.24, 2.45) is 5.10 Å². The number of nitrogens with one attached hydrogen (secondary N) is 1. The van der Waals surface area contributed by atoms with Crippen LogP contribution in [0, 0.1) is 0 Å². The number of hydrogen-bond donors (Lipinski definition) is 1. The first kappa shape index (κ1) is 23.4. The zero-order valence-corrected chi connectivity index (χ0v) is 20.2. The van der Waals surface area contributed by atoms with Crippen molar-refractivity contribution in [2.75, 3.05) is 5.75 Å². The third-order valence-electron chi connectivity index (χ3n) is 5.06. The number of hydrazone groups is 1. The van der Waals surface area contributed by atoms with E-state index in [1.165, 1.54) is 23.5 Å². The molecule has 0 fully saturated rings. The molecule has 4 aromatic rings. The molecule has 0 bridgehead atoms. The maximum atomic E-state index is 12.3. The molecule has 0 aliphatic rings. The van der Waals surface area contributed by atoms with E-state index in [0.717, 1.165) is 17.1 Å². The number of nitrogens with zero attached hydrogens (tertiary/aromatic N) is 5. The molecule has 7 nitrogen and oxygen atoms in total. The number of carbonyl (C=O) groups is 1. The van der Waals surface area contributed by atoms with Gasteiger partial charge in [-0.2, -0.15) is 5.10 Å². The summed E-state index contributed by atoms with van der Waals surface area (Å²) in [5, 5.41) is 13.4. The molecule has 1 N–H and O–H groups in total. The lowest BCUT2D eigenvalue weighted by atomic mass is 9.87. The highest BCUT2D eigenvalue weighted by atomic mass is 32.2. The lowest BCUT2D eigenvalue weighted by molar-refractivity contribution is -0.118. The van der Waals surface area contributed by atoms with Crippen LogP contribution in [0.15, 0.2) is 89.3 Å². The molecule has 0 aliphatic heterocycles. The van der Waals surface area contributed by atoms with Crippen LogP contribution in [0.25, 0.3) is 17.1 Å². The number of benzene rings is 2. The molecule has 2 heterocycles. The van der Waals surface area contributed by atoms with E-state index >= 15 is 0 Å². The molecule has 34 heavy (non-hydrogen) atoms. The second-order valence-electron chi connectivity index (χ2n) is 8.64. The van der Waals surface area contributed by atoms with E-state index in [0.29, 0.717) is 10.9 Å². The maximum Gasteiger partial charge on any atom is 0.250 e. The van der Waals surface area contributed by atoms with Gasteiger partial charge in [-0.1, -0.05) is 81.1 Å². The van der Waals surface area contributed by atoms with E-state index in [1.807, 2.05) is 53.1 Å². The first-order chi connectivity index (χ1) is 16.4. The monoisotopic (exact) mass is 470 g/mol. The van der Waals surface area contributed by atoms with Crippen LogP contribution in [0.1, 0.15) is 32.0 Å². The molecule has 0 saturated heterocycles. The van der Waals surface area contributed by atoms with Crippen LogP contribution in [0.2, 0.25) is 0 Å². The Hall–Kier alpha value is -3.78. The Morgan fingerprint density at radius 1 is 1.00 bits per heavy atom. The molecule has 4 rings (SSSR count). The first-order valence-corrected chi connectivity index (χ1v) is 11.9. The van der Waals surface area contributed by atoms with Crippen molar-refractivity contribution in [3.8, 4) is 17.1 Å². The van der Waals surface area contributed by atoms with E-state index in [-0.39, 0.29) is 17.1 Å². The van der Waals surface area contributed by atoms with Gasteiger partial charge in [0.25, 0.3) is 5.91 Å². The second-order valence-corrected chi connectivity index (χ2v) is 9.58. The summed E-state index contributed by atoms with van der Waals surface area (Å²) in [5.74, 6) is 0.631. The fraction of sp³-hybridized carbons (Fsp3) is 0.192. The SMILES string of the molecule is CC(C)(C)c1ccc(-c2nnc(SCC(=O)N/N=C/c3ccccn3)n2-c2ccccc2)cc1. The standard InChI is InChI=1S/C26H26N6OS/c1-26(2,3)20-14-12-19(13-15-20)24-30-31-25(32(24)22-10-5-4-6-11-22)34-18-23(33)29-28-17-21-9-7-8-16-27-21/h4-17H,18H2,1-3H3,(H,29,33)/b28-17+. The fourth-order valence-corrected chi connectivity index (χ4v) is 4.01. The largest absolute Gasteiger partial charge is 0.272 e. The van der Waals surface area contributed by atoms with Gasteiger partial charge in [0.1, 0.15) is 0 Å². The number of aromatic nitrogens is 4. The van der Waals surface area contributed by atoms with Gasteiger partial charge in [0.2, 0.25) is 0 Å². The normalized spacial score (nSPS) is 11.6. The van der Waals surface area contributed by atoms with Crippen molar-refractivity contribution in [1.29, 1.82) is 0 Å².